The van der Waals surface area contributed by atoms with Crippen molar-refractivity contribution in [3.8, 4) is 0 Å². The van der Waals surface area contributed by atoms with Gasteiger partial charge in [0.05, 0.1) is 0 Å². The van der Waals surface area contributed by atoms with Crippen molar-refractivity contribution in [2.24, 2.45) is 5.41 Å². The lowest BCUT2D eigenvalue weighted by Gasteiger charge is -2.11. The molecule has 1 fully saturated rings. The second-order valence-electron chi connectivity index (χ2n) is 4.61. The average Bonchev–Trinajstić information content (AvgIpc) is 3.10. The summed E-state index contributed by atoms with van der Waals surface area (Å²) in [5.74, 6) is 0.916. The van der Waals surface area contributed by atoms with E-state index < -0.39 is 0 Å². The molecule has 1 aromatic carbocycles. The van der Waals surface area contributed by atoms with Crippen molar-refractivity contribution in [1.29, 1.82) is 0 Å². The van der Waals surface area contributed by atoms with Gasteiger partial charge in [0.2, 0.25) is 5.91 Å². The van der Waals surface area contributed by atoms with Gasteiger partial charge in [-0.25, -0.2) is 0 Å². The number of amides is 1. The minimum Gasteiger partial charge on any atom is -0.326 e. The van der Waals surface area contributed by atoms with Crippen molar-refractivity contribution in [3.63, 3.8) is 0 Å². The van der Waals surface area contributed by atoms with Crippen molar-refractivity contribution < 1.29 is 4.79 Å². The summed E-state index contributed by atoms with van der Waals surface area (Å²) in [6.45, 7) is 0. The Bertz CT molecular complexity index is 398. The van der Waals surface area contributed by atoms with Gasteiger partial charge in [0.1, 0.15) is 0 Å². The zero-order valence-electron chi connectivity index (χ0n) is 9.90. The van der Waals surface area contributed by atoms with Crippen LogP contribution in [0.2, 0.25) is 0 Å². The normalized spacial score (nSPS) is 16.6. The smallest absolute Gasteiger partial charge is 0.224 e. The van der Waals surface area contributed by atoms with Crippen LogP contribution >= 0.6 is 24.4 Å². The van der Waals surface area contributed by atoms with Gasteiger partial charge in [-0.1, -0.05) is 0 Å². The molecule has 0 aliphatic heterocycles. The van der Waals surface area contributed by atoms with Crippen LogP contribution in [-0.4, -0.2) is 17.9 Å². The maximum absolute atomic E-state index is 11.8. The molecule has 17 heavy (non-hydrogen) atoms. The van der Waals surface area contributed by atoms with Crippen molar-refractivity contribution in [2.75, 3.05) is 17.3 Å². The molecule has 0 unspecified atom stereocenters. The standard InChI is InChI=1S/C13H17NOS2/c1-17-11-4-2-10(3-5-11)14-12(15)8-13(9-16)6-7-13/h2-5,16H,6-9H2,1H3,(H,14,15). The van der Waals surface area contributed by atoms with E-state index in [1.54, 1.807) is 11.8 Å². The Morgan fingerprint density at radius 2 is 2.06 bits per heavy atom. The van der Waals surface area contributed by atoms with E-state index in [-0.39, 0.29) is 11.3 Å². The number of benzene rings is 1. The number of hydrogen-bond acceptors (Lipinski definition) is 3. The second-order valence-corrected chi connectivity index (χ2v) is 5.81. The van der Waals surface area contributed by atoms with Crippen LogP contribution < -0.4 is 5.32 Å². The number of thioether (sulfide) groups is 1. The van der Waals surface area contributed by atoms with E-state index >= 15 is 0 Å². The summed E-state index contributed by atoms with van der Waals surface area (Å²) in [4.78, 5) is 13.0. The highest BCUT2D eigenvalue weighted by molar-refractivity contribution is 7.98. The first-order valence-electron chi connectivity index (χ1n) is 5.72. The molecule has 1 aromatic rings. The van der Waals surface area contributed by atoms with E-state index in [1.807, 2.05) is 30.5 Å². The van der Waals surface area contributed by atoms with Gasteiger partial charge in [-0.15, -0.1) is 11.8 Å². The van der Waals surface area contributed by atoms with Crippen LogP contribution in [0.5, 0.6) is 0 Å². The molecule has 0 heterocycles. The van der Waals surface area contributed by atoms with Gasteiger partial charge in [-0.3, -0.25) is 4.79 Å². The zero-order valence-corrected chi connectivity index (χ0v) is 11.6. The molecular formula is C13H17NOS2. The molecule has 92 valence electrons. The Morgan fingerprint density at radius 1 is 1.41 bits per heavy atom. The monoisotopic (exact) mass is 267 g/mol. The van der Waals surface area contributed by atoms with Crippen LogP contribution in [0.3, 0.4) is 0 Å². The van der Waals surface area contributed by atoms with Crippen LogP contribution in [0, 0.1) is 5.41 Å². The van der Waals surface area contributed by atoms with Crippen molar-refractivity contribution >= 4 is 36.0 Å². The molecule has 0 atom stereocenters. The first kappa shape index (κ1) is 12.8. The minimum atomic E-state index is 0.105. The van der Waals surface area contributed by atoms with E-state index in [9.17, 15) is 4.79 Å². The SMILES string of the molecule is CSc1ccc(NC(=O)CC2(CS)CC2)cc1. The van der Waals surface area contributed by atoms with E-state index in [1.165, 1.54) is 4.90 Å². The summed E-state index contributed by atoms with van der Waals surface area (Å²) in [7, 11) is 0. The molecule has 1 aliphatic carbocycles. The van der Waals surface area contributed by atoms with Crippen LogP contribution in [0.15, 0.2) is 29.2 Å². The predicted molar refractivity (Wildman–Crippen MR) is 77.0 cm³/mol. The van der Waals surface area contributed by atoms with E-state index in [0.29, 0.717) is 6.42 Å². The summed E-state index contributed by atoms with van der Waals surface area (Å²) in [6, 6.07) is 7.94. The van der Waals surface area contributed by atoms with Crippen molar-refractivity contribution in [1.82, 2.24) is 0 Å². The van der Waals surface area contributed by atoms with Gasteiger partial charge >= 0.3 is 0 Å². The second kappa shape index (κ2) is 5.36. The topological polar surface area (TPSA) is 29.1 Å². The summed E-state index contributed by atoms with van der Waals surface area (Å²) < 4.78 is 0. The number of nitrogens with one attached hydrogen (secondary N) is 1. The van der Waals surface area contributed by atoms with Crippen LogP contribution in [0.4, 0.5) is 5.69 Å². The first-order valence-corrected chi connectivity index (χ1v) is 7.58. The summed E-state index contributed by atoms with van der Waals surface area (Å²) >= 11 is 6.01. The summed E-state index contributed by atoms with van der Waals surface area (Å²) in [5, 5.41) is 2.94. The van der Waals surface area contributed by atoms with Gasteiger partial charge in [0.15, 0.2) is 0 Å². The van der Waals surface area contributed by atoms with E-state index in [4.69, 9.17) is 0 Å². The fraction of sp³-hybridized carbons (Fsp3) is 0.462. The maximum atomic E-state index is 11.8. The zero-order chi connectivity index (χ0) is 12.3. The molecule has 0 bridgehead atoms. The molecule has 0 radical (unpaired) electrons. The number of rotatable bonds is 5. The molecule has 0 aromatic heterocycles. The van der Waals surface area contributed by atoms with Crippen molar-refractivity contribution in [2.45, 2.75) is 24.2 Å². The molecule has 1 N–H and O–H groups in total. The largest absolute Gasteiger partial charge is 0.326 e. The molecule has 1 amide bonds. The highest BCUT2D eigenvalue weighted by Crippen LogP contribution is 2.49. The van der Waals surface area contributed by atoms with Gasteiger partial charge in [0.25, 0.3) is 0 Å². The van der Waals surface area contributed by atoms with Gasteiger partial charge < -0.3 is 5.32 Å². The third-order valence-electron chi connectivity index (χ3n) is 3.20. The quantitative estimate of drug-likeness (QED) is 0.632. The fourth-order valence-electron chi connectivity index (χ4n) is 1.79. The molecule has 2 nitrogen and oxygen atoms in total. The van der Waals surface area contributed by atoms with Gasteiger partial charge in [-0.05, 0) is 54.5 Å². The molecule has 2 rings (SSSR count). The van der Waals surface area contributed by atoms with Gasteiger partial charge in [-0.2, -0.15) is 12.6 Å². The molecule has 0 spiro atoms. The Kier molecular flexibility index (Phi) is 4.05. The molecular weight excluding hydrogens is 250 g/mol. The molecule has 1 saturated carbocycles. The van der Waals surface area contributed by atoms with Gasteiger partial charge in [0, 0.05) is 17.0 Å². The maximum Gasteiger partial charge on any atom is 0.224 e. The molecule has 4 heteroatoms. The fourth-order valence-corrected chi connectivity index (χ4v) is 2.62. The molecule has 0 saturated heterocycles. The lowest BCUT2D eigenvalue weighted by molar-refractivity contribution is -0.117. The van der Waals surface area contributed by atoms with Crippen LogP contribution in [0.1, 0.15) is 19.3 Å². The van der Waals surface area contributed by atoms with E-state index in [2.05, 4.69) is 17.9 Å². The predicted octanol–water partition coefficient (Wildman–Crippen LogP) is 3.45. The summed E-state index contributed by atoms with van der Waals surface area (Å²) in [5.41, 5.74) is 1.06. The summed E-state index contributed by atoms with van der Waals surface area (Å²) in [6.07, 6.45) is 4.91. The highest BCUT2D eigenvalue weighted by Gasteiger charge is 2.42. The van der Waals surface area contributed by atoms with Crippen LogP contribution in [-0.2, 0) is 4.79 Å². The minimum absolute atomic E-state index is 0.105. The number of carbonyl (C=O) groups excluding carboxylic acids is 1. The highest BCUT2D eigenvalue weighted by atomic mass is 32.2. The number of hydrogen-bond donors (Lipinski definition) is 2. The lowest BCUT2D eigenvalue weighted by atomic mass is 10.1. The number of carbonyl (C=O) groups is 1. The third kappa shape index (κ3) is 3.42. The Morgan fingerprint density at radius 3 is 2.53 bits per heavy atom. The number of thiol groups is 1. The third-order valence-corrected chi connectivity index (χ3v) is 4.62. The van der Waals surface area contributed by atoms with Crippen molar-refractivity contribution in [3.05, 3.63) is 24.3 Å². The average molecular weight is 267 g/mol. The first-order chi connectivity index (χ1) is 8.17. The number of anilines is 1. The Labute approximate surface area is 112 Å². The van der Waals surface area contributed by atoms with E-state index in [0.717, 1.165) is 24.3 Å². The van der Waals surface area contributed by atoms with Crippen LogP contribution in [0.25, 0.3) is 0 Å². The Balaban J connectivity index is 1.89. The lowest BCUT2D eigenvalue weighted by Crippen LogP contribution is -2.18. The molecule has 1 aliphatic rings. The Hall–Kier alpha value is -0.610.